The topological polar surface area (TPSA) is 58.4 Å². The molecule has 0 spiro atoms. The van der Waals surface area contributed by atoms with Gasteiger partial charge < -0.3 is 16.0 Å². The van der Waals surface area contributed by atoms with Crippen LogP contribution in [-0.4, -0.2) is 38.0 Å². The lowest BCUT2D eigenvalue weighted by atomic mass is 10.0. The van der Waals surface area contributed by atoms with Gasteiger partial charge in [0, 0.05) is 13.1 Å². The van der Waals surface area contributed by atoms with E-state index in [1.165, 1.54) is 0 Å². The molecule has 0 radical (unpaired) electrons. The van der Waals surface area contributed by atoms with E-state index in [1.807, 2.05) is 24.3 Å². The van der Waals surface area contributed by atoms with Gasteiger partial charge in [0.2, 0.25) is 5.91 Å². The standard InChI is InChI=1S/C15H25N3O/c1-18(2)10-6-5-9-17-15(19)11-13-7-3-4-8-14(13)12-16/h3-4,7-8H,5-6,9-12,16H2,1-2H3,(H,17,19). The predicted molar refractivity (Wildman–Crippen MR) is 78.8 cm³/mol. The second-order valence-electron chi connectivity index (χ2n) is 5.01. The molecule has 19 heavy (non-hydrogen) atoms. The highest BCUT2D eigenvalue weighted by atomic mass is 16.1. The van der Waals surface area contributed by atoms with E-state index in [-0.39, 0.29) is 5.91 Å². The fraction of sp³-hybridized carbons (Fsp3) is 0.533. The van der Waals surface area contributed by atoms with Crippen LogP contribution in [0.2, 0.25) is 0 Å². The van der Waals surface area contributed by atoms with Crippen molar-refractivity contribution < 1.29 is 4.79 Å². The summed E-state index contributed by atoms with van der Waals surface area (Å²) in [6.07, 6.45) is 2.54. The van der Waals surface area contributed by atoms with Gasteiger partial charge in [-0.3, -0.25) is 4.79 Å². The maximum absolute atomic E-state index is 11.8. The Labute approximate surface area is 116 Å². The lowest BCUT2D eigenvalue weighted by molar-refractivity contribution is -0.120. The van der Waals surface area contributed by atoms with Crippen molar-refractivity contribution in [2.45, 2.75) is 25.8 Å². The molecule has 0 saturated carbocycles. The number of unbranched alkanes of at least 4 members (excludes halogenated alkanes) is 1. The number of carbonyl (C=O) groups is 1. The van der Waals surface area contributed by atoms with Crippen LogP contribution < -0.4 is 11.1 Å². The summed E-state index contributed by atoms with van der Waals surface area (Å²) in [6.45, 7) is 2.29. The van der Waals surface area contributed by atoms with Crippen molar-refractivity contribution in [3.05, 3.63) is 35.4 Å². The molecule has 0 atom stereocenters. The van der Waals surface area contributed by atoms with Gasteiger partial charge in [-0.25, -0.2) is 0 Å². The van der Waals surface area contributed by atoms with Gasteiger partial charge in [0.25, 0.3) is 0 Å². The molecule has 0 aliphatic heterocycles. The molecule has 0 heterocycles. The highest BCUT2D eigenvalue weighted by Crippen LogP contribution is 2.08. The van der Waals surface area contributed by atoms with Crippen molar-refractivity contribution in [2.75, 3.05) is 27.2 Å². The minimum absolute atomic E-state index is 0.0748. The van der Waals surface area contributed by atoms with Crippen LogP contribution in [0.25, 0.3) is 0 Å². The van der Waals surface area contributed by atoms with Crippen LogP contribution in [0.1, 0.15) is 24.0 Å². The zero-order valence-corrected chi connectivity index (χ0v) is 12.0. The van der Waals surface area contributed by atoms with Crippen molar-refractivity contribution in [1.82, 2.24) is 10.2 Å². The SMILES string of the molecule is CN(C)CCCCNC(=O)Cc1ccccc1CN. The molecule has 0 fully saturated rings. The molecule has 0 aliphatic rings. The fourth-order valence-corrected chi connectivity index (χ4v) is 1.95. The summed E-state index contributed by atoms with van der Waals surface area (Å²) in [5.41, 5.74) is 7.73. The van der Waals surface area contributed by atoms with Gasteiger partial charge in [-0.2, -0.15) is 0 Å². The van der Waals surface area contributed by atoms with Crippen molar-refractivity contribution in [1.29, 1.82) is 0 Å². The normalized spacial score (nSPS) is 10.7. The first-order valence-corrected chi connectivity index (χ1v) is 6.81. The molecule has 0 unspecified atom stereocenters. The second kappa shape index (κ2) is 8.67. The number of nitrogens with one attached hydrogen (secondary N) is 1. The van der Waals surface area contributed by atoms with Crippen LogP contribution in [0.4, 0.5) is 0 Å². The Morgan fingerprint density at radius 2 is 1.89 bits per heavy atom. The number of nitrogens with two attached hydrogens (primary N) is 1. The average molecular weight is 263 g/mol. The average Bonchev–Trinajstić information content (AvgIpc) is 2.38. The molecule has 4 heteroatoms. The van der Waals surface area contributed by atoms with Crippen molar-refractivity contribution in [3.8, 4) is 0 Å². The Kier molecular flexibility index (Phi) is 7.15. The van der Waals surface area contributed by atoms with Gasteiger partial charge in [-0.15, -0.1) is 0 Å². The van der Waals surface area contributed by atoms with Crippen LogP contribution in [0.5, 0.6) is 0 Å². The first-order chi connectivity index (χ1) is 9.13. The van der Waals surface area contributed by atoms with E-state index >= 15 is 0 Å². The van der Waals surface area contributed by atoms with Crippen LogP contribution in [0, 0.1) is 0 Å². The lowest BCUT2D eigenvalue weighted by Crippen LogP contribution is -2.27. The quantitative estimate of drug-likeness (QED) is 0.692. The first-order valence-electron chi connectivity index (χ1n) is 6.81. The molecule has 0 aromatic heterocycles. The van der Waals surface area contributed by atoms with Crippen LogP contribution in [-0.2, 0) is 17.8 Å². The molecule has 4 nitrogen and oxygen atoms in total. The van der Waals surface area contributed by atoms with Crippen molar-refractivity contribution in [3.63, 3.8) is 0 Å². The van der Waals surface area contributed by atoms with Crippen molar-refractivity contribution in [2.24, 2.45) is 5.73 Å². The number of hydrogen-bond donors (Lipinski definition) is 2. The Bertz CT molecular complexity index is 391. The van der Waals surface area contributed by atoms with Gasteiger partial charge in [0.1, 0.15) is 0 Å². The lowest BCUT2D eigenvalue weighted by Gasteiger charge is -2.10. The highest BCUT2D eigenvalue weighted by molar-refractivity contribution is 5.78. The van der Waals surface area contributed by atoms with Crippen LogP contribution >= 0.6 is 0 Å². The summed E-state index contributed by atoms with van der Waals surface area (Å²) in [5.74, 6) is 0.0748. The summed E-state index contributed by atoms with van der Waals surface area (Å²) >= 11 is 0. The molecule has 3 N–H and O–H groups in total. The molecular formula is C15H25N3O. The van der Waals surface area contributed by atoms with E-state index in [4.69, 9.17) is 5.73 Å². The molecule has 1 aromatic carbocycles. The first kappa shape index (κ1) is 15.7. The summed E-state index contributed by atoms with van der Waals surface area (Å²) in [7, 11) is 4.12. The molecule has 0 aliphatic carbocycles. The molecule has 0 bridgehead atoms. The Morgan fingerprint density at radius 3 is 2.53 bits per heavy atom. The maximum atomic E-state index is 11.8. The fourth-order valence-electron chi connectivity index (χ4n) is 1.95. The third-order valence-corrected chi connectivity index (χ3v) is 3.04. The van der Waals surface area contributed by atoms with E-state index < -0.39 is 0 Å². The van der Waals surface area contributed by atoms with E-state index in [9.17, 15) is 4.79 Å². The third kappa shape index (κ3) is 6.36. The second-order valence-corrected chi connectivity index (χ2v) is 5.01. The number of carbonyl (C=O) groups excluding carboxylic acids is 1. The van der Waals surface area contributed by atoms with Crippen LogP contribution in [0.15, 0.2) is 24.3 Å². The molecule has 106 valence electrons. The molecule has 0 saturated heterocycles. The van der Waals surface area contributed by atoms with Gasteiger partial charge in [-0.1, -0.05) is 24.3 Å². The number of nitrogens with zero attached hydrogens (tertiary/aromatic N) is 1. The minimum Gasteiger partial charge on any atom is -0.356 e. The van der Waals surface area contributed by atoms with Gasteiger partial charge >= 0.3 is 0 Å². The molecule has 1 rings (SSSR count). The molecular weight excluding hydrogens is 238 g/mol. The largest absolute Gasteiger partial charge is 0.356 e. The van der Waals surface area contributed by atoms with E-state index in [0.717, 1.165) is 37.1 Å². The Morgan fingerprint density at radius 1 is 1.21 bits per heavy atom. The maximum Gasteiger partial charge on any atom is 0.224 e. The highest BCUT2D eigenvalue weighted by Gasteiger charge is 2.06. The predicted octanol–water partition coefficient (Wildman–Crippen LogP) is 1.15. The summed E-state index contributed by atoms with van der Waals surface area (Å²) < 4.78 is 0. The van der Waals surface area contributed by atoms with Gasteiger partial charge in [0.05, 0.1) is 6.42 Å². The summed E-state index contributed by atoms with van der Waals surface area (Å²) in [5, 5.41) is 2.96. The Hall–Kier alpha value is -1.39. The van der Waals surface area contributed by atoms with E-state index in [1.54, 1.807) is 0 Å². The zero-order chi connectivity index (χ0) is 14.1. The van der Waals surface area contributed by atoms with Crippen molar-refractivity contribution >= 4 is 5.91 Å². The number of amides is 1. The summed E-state index contributed by atoms with van der Waals surface area (Å²) in [6, 6.07) is 7.83. The van der Waals surface area contributed by atoms with Crippen LogP contribution in [0.3, 0.4) is 0 Å². The number of rotatable bonds is 8. The van der Waals surface area contributed by atoms with Gasteiger partial charge in [-0.05, 0) is 44.6 Å². The minimum atomic E-state index is 0.0748. The Balaban J connectivity index is 2.27. The monoisotopic (exact) mass is 263 g/mol. The smallest absolute Gasteiger partial charge is 0.224 e. The number of hydrogen-bond acceptors (Lipinski definition) is 3. The van der Waals surface area contributed by atoms with E-state index in [0.29, 0.717) is 13.0 Å². The third-order valence-electron chi connectivity index (χ3n) is 3.04. The molecule has 1 amide bonds. The van der Waals surface area contributed by atoms with E-state index in [2.05, 4.69) is 24.3 Å². The summed E-state index contributed by atoms with van der Waals surface area (Å²) in [4.78, 5) is 14.0. The number of benzene rings is 1. The molecule has 1 aromatic rings. The van der Waals surface area contributed by atoms with Gasteiger partial charge in [0.15, 0.2) is 0 Å². The zero-order valence-electron chi connectivity index (χ0n) is 12.0.